The highest BCUT2D eigenvalue weighted by molar-refractivity contribution is 5.77. The minimum Gasteiger partial charge on any atom is -0.491 e. The number of esters is 1. The number of benzene rings is 2. The molecule has 2 aromatic carbocycles. The van der Waals surface area contributed by atoms with Crippen molar-refractivity contribution in [2.75, 3.05) is 34.4 Å². The van der Waals surface area contributed by atoms with Crippen LogP contribution in [0, 0.1) is 23.3 Å². The number of carbonyl (C=O) groups excluding carboxylic acids is 2. The smallest absolute Gasteiger partial charge is 0.308 e. The fourth-order valence-electron chi connectivity index (χ4n) is 4.06. The highest BCUT2D eigenvalue weighted by atomic mass is 19.2. The van der Waals surface area contributed by atoms with Crippen molar-refractivity contribution in [2.24, 2.45) is 0 Å². The number of nitrogens with zero attached hydrogens (tertiary/aromatic N) is 1. The summed E-state index contributed by atoms with van der Waals surface area (Å²) in [7, 11) is 4.63. The maximum Gasteiger partial charge on any atom is 0.308 e. The van der Waals surface area contributed by atoms with Gasteiger partial charge in [-0.25, -0.2) is 8.78 Å². The summed E-state index contributed by atoms with van der Waals surface area (Å²) >= 11 is 0. The summed E-state index contributed by atoms with van der Waals surface area (Å²) in [6.07, 6.45) is 3.94. The lowest BCUT2D eigenvalue weighted by Gasteiger charge is -2.22. The van der Waals surface area contributed by atoms with Crippen LogP contribution >= 0.6 is 0 Å². The molecule has 0 aliphatic heterocycles. The molecule has 40 heavy (non-hydrogen) atoms. The molecular weight excluding hydrogens is 532 g/mol. The van der Waals surface area contributed by atoms with Crippen molar-refractivity contribution in [2.45, 2.75) is 64.2 Å². The Balaban J connectivity index is 1.62. The van der Waals surface area contributed by atoms with E-state index in [1.54, 1.807) is 0 Å². The van der Waals surface area contributed by atoms with Gasteiger partial charge in [-0.2, -0.15) is 8.78 Å². The van der Waals surface area contributed by atoms with Gasteiger partial charge in [0.05, 0.1) is 31.7 Å². The largest absolute Gasteiger partial charge is 0.491 e. The highest BCUT2D eigenvalue weighted by Gasteiger charge is 2.26. The number of unbranched alkanes of at least 4 members (excludes halogenated alkanes) is 4. The molecule has 1 amide bonds. The number of carbonyl (C=O) groups is 2. The molecule has 1 N–H and O–H groups in total. The van der Waals surface area contributed by atoms with Crippen molar-refractivity contribution < 1.29 is 41.4 Å². The van der Waals surface area contributed by atoms with Gasteiger partial charge in [-0.1, -0.05) is 49.6 Å². The van der Waals surface area contributed by atoms with E-state index >= 15 is 0 Å². The van der Waals surface area contributed by atoms with E-state index in [2.05, 4.69) is 10.1 Å². The molecular formula is C29H38F4N2O5. The second-order valence-corrected chi connectivity index (χ2v) is 9.72. The Hall–Kier alpha value is -3.18. The average molecular weight is 571 g/mol. The van der Waals surface area contributed by atoms with E-state index in [1.165, 1.54) is 0 Å². The third-order valence-corrected chi connectivity index (χ3v) is 6.06. The lowest BCUT2D eigenvalue weighted by molar-refractivity contribution is -0.145. The highest BCUT2D eigenvalue weighted by Crippen LogP contribution is 2.30. The van der Waals surface area contributed by atoms with E-state index < -0.39 is 41.2 Å². The molecule has 0 fully saturated rings. The number of methoxy groups -OCH3 is 1. The minimum absolute atomic E-state index is 0.0698. The molecule has 0 spiro atoms. The number of ether oxygens (including phenoxy) is 3. The molecule has 2 rings (SSSR count). The Morgan fingerprint density at radius 2 is 1.50 bits per heavy atom. The van der Waals surface area contributed by atoms with E-state index in [9.17, 15) is 27.2 Å². The van der Waals surface area contributed by atoms with Gasteiger partial charge >= 0.3 is 5.97 Å². The Labute approximate surface area is 232 Å². The van der Waals surface area contributed by atoms with E-state index in [4.69, 9.17) is 9.47 Å². The summed E-state index contributed by atoms with van der Waals surface area (Å²) in [5.74, 6) is -7.90. The molecule has 2 aromatic rings. The van der Waals surface area contributed by atoms with Gasteiger partial charge in [0.1, 0.15) is 6.61 Å². The Morgan fingerprint density at radius 1 is 0.875 bits per heavy atom. The van der Waals surface area contributed by atoms with Gasteiger partial charge in [0.2, 0.25) is 17.5 Å². The lowest BCUT2D eigenvalue weighted by Crippen LogP contribution is -2.43. The maximum atomic E-state index is 14.0. The van der Waals surface area contributed by atoms with Gasteiger partial charge in [-0.15, -0.1) is 0 Å². The van der Waals surface area contributed by atoms with E-state index in [0.717, 1.165) is 31.9 Å². The van der Waals surface area contributed by atoms with Crippen molar-refractivity contribution in [1.29, 1.82) is 0 Å². The molecule has 0 saturated heterocycles. The van der Waals surface area contributed by atoms with Gasteiger partial charge in [0.15, 0.2) is 17.4 Å². The fraction of sp³-hybridized carbons (Fsp3) is 0.517. The monoisotopic (exact) mass is 570 g/mol. The van der Waals surface area contributed by atoms with Gasteiger partial charge in [-0.05, 0) is 32.5 Å². The summed E-state index contributed by atoms with van der Waals surface area (Å²) in [5, 5.41) is 2.91. The summed E-state index contributed by atoms with van der Waals surface area (Å²) in [5.41, 5.74) is 0.0697. The third kappa shape index (κ3) is 11.1. The first-order chi connectivity index (χ1) is 19.1. The number of hydrogen-bond donors (Lipinski definition) is 1. The topological polar surface area (TPSA) is 77.1 Å². The van der Waals surface area contributed by atoms with Crippen LogP contribution in [0.4, 0.5) is 17.6 Å². The molecule has 0 aliphatic carbocycles. The molecule has 0 aliphatic rings. The summed E-state index contributed by atoms with van der Waals surface area (Å²) in [4.78, 5) is 26.6. The van der Waals surface area contributed by atoms with Crippen LogP contribution in [-0.4, -0.2) is 57.2 Å². The summed E-state index contributed by atoms with van der Waals surface area (Å²) < 4.78 is 70.4. The Morgan fingerprint density at radius 3 is 2.12 bits per heavy atom. The number of halogens is 4. The molecule has 0 saturated carbocycles. The second-order valence-electron chi connectivity index (χ2n) is 9.72. The Kier molecular flexibility index (Phi) is 14.4. The van der Waals surface area contributed by atoms with Crippen molar-refractivity contribution >= 4 is 11.9 Å². The molecule has 0 aromatic heterocycles. The van der Waals surface area contributed by atoms with Crippen LogP contribution in [0.5, 0.6) is 5.75 Å². The zero-order valence-electron chi connectivity index (χ0n) is 23.2. The zero-order valence-corrected chi connectivity index (χ0v) is 23.2. The lowest BCUT2D eigenvalue weighted by atomic mass is 10.1. The number of rotatable bonds is 18. The summed E-state index contributed by atoms with van der Waals surface area (Å²) in [6.45, 7) is 0.223. The summed E-state index contributed by atoms with van der Waals surface area (Å²) in [6, 6.07) is 8.99. The molecule has 222 valence electrons. The van der Waals surface area contributed by atoms with Crippen LogP contribution in [0.1, 0.15) is 56.1 Å². The number of nitrogens with one attached hydrogen (secondary N) is 1. The molecule has 7 nitrogen and oxygen atoms in total. The number of likely N-dealkylation sites (N-methyl/N-ethyl adjacent to an activating group) is 1. The molecule has 11 heteroatoms. The SMILES string of the molecule is COc1c(F)c(F)c(COCCCCCCCC(=O)N[C@H](CC(=O)OCc2ccccc2)CN(C)C)c(F)c1F. The first-order valence-electron chi connectivity index (χ1n) is 13.2. The molecule has 0 bridgehead atoms. The minimum atomic E-state index is -1.60. The van der Waals surface area contributed by atoms with Crippen LogP contribution in [0.3, 0.4) is 0 Å². The molecule has 0 radical (unpaired) electrons. The average Bonchev–Trinajstić information content (AvgIpc) is 2.92. The fourth-order valence-corrected chi connectivity index (χ4v) is 4.06. The van der Waals surface area contributed by atoms with E-state index in [0.29, 0.717) is 25.8 Å². The van der Waals surface area contributed by atoms with Crippen LogP contribution in [0.15, 0.2) is 30.3 Å². The molecule has 0 unspecified atom stereocenters. The molecule has 1 atom stereocenters. The van der Waals surface area contributed by atoms with Crippen LogP contribution < -0.4 is 10.1 Å². The van der Waals surface area contributed by atoms with Crippen molar-refractivity contribution in [3.63, 3.8) is 0 Å². The van der Waals surface area contributed by atoms with Crippen molar-refractivity contribution in [1.82, 2.24) is 10.2 Å². The first kappa shape index (κ1) is 33.0. The van der Waals surface area contributed by atoms with E-state index in [1.807, 2.05) is 49.3 Å². The van der Waals surface area contributed by atoms with Crippen LogP contribution in [0.2, 0.25) is 0 Å². The third-order valence-electron chi connectivity index (χ3n) is 6.06. The van der Waals surface area contributed by atoms with Gasteiger partial charge < -0.3 is 24.4 Å². The second kappa shape index (κ2) is 17.5. The van der Waals surface area contributed by atoms with Crippen molar-refractivity contribution in [3.8, 4) is 5.75 Å². The Bertz CT molecular complexity index is 1060. The first-order valence-corrected chi connectivity index (χ1v) is 13.2. The number of hydrogen-bond acceptors (Lipinski definition) is 6. The van der Waals surface area contributed by atoms with Gasteiger partial charge in [-0.3, -0.25) is 9.59 Å². The van der Waals surface area contributed by atoms with Crippen LogP contribution in [0.25, 0.3) is 0 Å². The molecule has 0 heterocycles. The van der Waals surface area contributed by atoms with Crippen molar-refractivity contribution in [3.05, 3.63) is 64.7 Å². The van der Waals surface area contributed by atoms with Gasteiger partial charge in [0.25, 0.3) is 0 Å². The predicted molar refractivity (Wildman–Crippen MR) is 142 cm³/mol. The predicted octanol–water partition coefficient (Wildman–Crippen LogP) is 5.29. The quantitative estimate of drug-likeness (QED) is 0.114. The standard InChI is InChI=1S/C29H38F4N2O5/c1-35(2)17-21(16-24(37)40-18-20-12-8-7-9-13-20)34-23(36)14-10-5-4-6-11-15-39-19-22-25(30)27(32)29(38-3)28(33)26(22)31/h7-9,12-13,21H,4-6,10-11,14-19H2,1-3H3,(H,34,36)/t21-/m1/s1. The normalized spacial score (nSPS) is 11.9. The van der Waals surface area contributed by atoms with Gasteiger partial charge in [0, 0.05) is 19.6 Å². The van der Waals surface area contributed by atoms with Crippen LogP contribution in [-0.2, 0) is 32.3 Å². The zero-order chi connectivity index (χ0) is 29.5. The maximum absolute atomic E-state index is 14.0. The number of amides is 1. The van der Waals surface area contributed by atoms with E-state index in [-0.39, 0.29) is 37.6 Å².